The average Bonchev–Trinajstić information content (AvgIpc) is 3.22. The molecule has 1 amide bonds. The smallest absolute Gasteiger partial charge is 0.290 e. The van der Waals surface area contributed by atoms with Gasteiger partial charge in [0, 0.05) is 12.0 Å². The van der Waals surface area contributed by atoms with E-state index in [-0.39, 0.29) is 35.0 Å². The number of rotatable bonds is 5. The quantitative estimate of drug-likeness (QED) is 0.835. The minimum atomic E-state index is -0.471. The summed E-state index contributed by atoms with van der Waals surface area (Å²) >= 11 is 0. The first-order chi connectivity index (χ1) is 12.3. The fourth-order valence-corrected chi connectivity index (χ4v) is 4.14. The van der Waals surface area contributed by atoms with Crippen LogP contribution in [0.15, 0.2) is 35.6 Å². The maximum atomic E-state index is 12.9. The summed E-state index contributed by atoms with van der Waals surface area (Å²) in [6.07, 6.45) is 4.04. The minimum absolute atomic E-state index is 0.0943. The maximum Gasteiger partial charge on any atom is 0.290 e. The van der Waals surface area contributed by atoms with Gasteiger partial charge in [0.1, 0.15) is 0 Å². The van der Waals surface area contributed by atoms with E-state index in [9.17, 15) is 14.7 Å². The Hall–Kier alpha value is -2.10. The van der Waals surface area contributed by atoms with E-state index in [0.717, 1.165) is 31.2 Å². The fraction of sp³-hybridized carbons (Fsp3) is 0.545. The van der Waals surface area contributed by atoms with E-state index in [0.29, 0.717) is 5.92 Å². The van der Waals surface area contributed by atoms with Gasteiger partial charge in [-0.05, 0) is 29.9 Å². The number of ketones is 1. The lowest BCUT2D eigenvalue weighted by molar-refractivity contribution is -0.131. The van der Waals surface area contributed by atoms with Gasteiger partial charge in [0.2, 0.25) is 0 Å². The van der Waals surface area contributed by atoms with Crippen LogP contribution < -0.4 is 0 Å². The number of hydrogen-bond donors (Lipinski definition) is 1. The Morgan fingerprint density at radius 1 is 1.08 bits per heavy atom. The predicted molar refractivity (Wildman–Crippen MR) is 102 cm³/mol. The monoisotopic (exact) mass is 355 g/mol. The molecule has 1 N–H and O–H groups in total. The first-order valence-electron chi connectivity index (χ1n) is 9.72. The van der Waals surface area contributed by atoms with Gasteiger partial charge in [-0.2, -0.15) is 0 Å². The van der Waals surface area contributed by atoms with E-state index in [1.54, 1.807) is 4.90 Å². The molecule has 1 aliphatic carbocycles. The van der Waals surface area contributed by atoms with Gasteiger partial charge < -0.3 is 10.0 Å². The van der Waals surface area contributed by atoms with Gasteiger partial charge in [0.15, 0.2) is 11.5 Å². The van der Waals surface area contributed by atoms with Crippen LogP contribution in [0.3, 0.4) is 0 Å². The molecule has 140 valence electrons. The highest BCUT2D eigenvalue weighted by Gasteiger charge is 2.47. The summed E-state index contributed by atoms with van der Waals surface area (Å²) in [7, 11) is 0. The lowest BCUT2D eigenvalue weighted by Gasteiger charge is -2.32. The van der Waals surface area contributed by atoms with Gasteiger partial charge in [-0.15, -0.1) is 0 Å². The molecular weight excluding hydrogens is 326 g/mol. The largest absolute Gasteiger partial charge is 0.503 e. The van der Waals surface area contributed by atoms with Gasteiger partial charge in [0.05, 0.1) is 11.6 Å². The number of carbonyl (C=O) groups excluding carboxylic acids is 2. The van der Waals surface area contributed by atoms with Crippen LogP contribution in [0.25, 0.3) is 0 Å². The van der Waals surface area contributed by atoms with Gasteiger partial charge in [-0.1, -0.05) is 64.8 Å². The lowest BCUT2D eigenvalue weighted by atomic mass is 9.89. The zero-order valence-electron chi connectivity index (χ0n) is 16.2. The normalized spacial score (nSPS) is 21.5. The van der Waals surface area contributed by atoms with Crippen molar-refractivity contribution in [2.45, 2.75) is 71.4 Å². The number of hydrogen-bond acceptors (Lipinski definition) is 3. The van der Waals surface area contributed by atoms with Crippen molar-refractivity contribution in [2.24, 2.45) is 5.92 Å². The number of benzene rings is 1. The van der Waals surface area contributed by atoms with E-state index in [1.807, 2.05) is 26.0 Å². The lowest BCUT2D eigenvalue weighted by Crippen LogP contribution is -2.38. The molecule has 1 fully saturated rings. The molecule has 1 unspecified atom stereocenters. The van der Waals surface area contributed by atoms with Crippen LogP contribution in [-0.4, -0.2) is 27.7 Å². The highest BCUT2D eigenvalue weighted by atomic mass is 16.3. The summed E-state index contributed by atoms with van der Waals surface area (Å²) in [6.45, 7) is 7.89. The van der Waals surface area contributed by atoms with Crippen molar-refractivity contribution in [3.8, 4) is 0 Å². The Bertz CT molecular complexity index is 724. The molecule has 0 radical (unpaired) electrons. The number of aliphatic hydroxyl groups excluding tert-OH is 1. The molecule has 4 heteroatoms. The van der Waals surface area contributed by atoms with Crippen LogP contribution in [0.5, 0.6) is 0 Å². The van der Waals surface area contributed by atoms with E-state index >= 15 is 0 Å². The van der Waals surface area contributed by atoms with Crippen LogP contribution in [0.4, 0.5) is 0 Å². The van der Waals surface area contributed by atoms with Crippen molar-refractivity contribution in [3.05, 3.63) is 46.7 Å². The average molecular weight is 355 g/mol. The van der Waals surface area contributed by atoms with Gasteiger partial charge in [0.25, 0.3) is 5.91 Å². The Morgan fingerprint density at radius 3 is 2.15 bits per heavy atom. The van der Waals surface area contributed by atoms with Crippen LogP contribution in [0, 0.1) is 5.92 Å². The van der Waals surface area contributed by atoms with Crippen LogP contribution in [0.2, 0.25) is 0 Å². The SMILES string of the molecule is CC(C)C(=O)C1=C(O)C(=O)N(C2CCCC2)C1c1ccc(C(C)C)cc1. The molecule has 0 spiro atoms. The second kappa shape index (κ2) is 7.26. The molecule has 1 aliphatic heterocycles. The highest BCUT2D eigenvalue weighted by Crippen LogP contribution is 2.43. The van der Waals surface area contributed by atoms with Crippen molar-refractivity contribution < 1.29 is 14.7 Å². The Morgan fingerprint density at radius 2 is 1.65 bits per heavy atom. The summed E-state index contributed by atoms with van der Waals surface area (Å²) in [5.74, 6) is -0.733. The Balaban J connectivity index is 2.06. The van der Waals surface area contributed by atoms with E-state index < -0.39 is 6.04 Å². The first-order valence-corrected chi connectivity index (χ1v) is 9.72. The van der Waals surface area contributed by atoms with Crippen molar-refractivity contribution in [1.29, 1.82) is 0 Å². The van der Waals surface area contributed by atoms with E-state index in [1.165, 1.54) is 5.56 Å². The zero-order valence-corrected chi connectivity index (χ0v) is 16.2. The zero-order chi connectivity index (χ0) is 19.0. The van der Waals surface area contributed by atoms with Gasteiger partial charge in [-0.3, -0.25) is 9.59 Å². The Labute approximate surface area is 155 Å². The minimum Gasteiger partial charge on any atom is -0.503 e. The first kappa shape index (κ1) is 18.7. The summed E-state index contributed by atoms with van der Waals surface area (Å²) in [6, 6.07) is 7.75. The van der Waals surface area contributed by atoms with Crippen molar-refractivity contribution >= 4 is 11.7 Å². The van der Waals surface area contributed by atoms with Crippen LogP contribution >= 0.6 is 0 Å². The molecule has 0 aromatic heterocycles. The second-order valence-electron chi connectivity index (χ2n) is 8.16. The molecule has 2 aliphatic rings. The Kier molecular flexibility index (Phi) is 5.22. The predicted octanol–water partition coefficient (Wildman–Crippen LogP) is 4.67. The number of carbonyl (C=O) groups is 2. The molecular formula is C22H29NO3. The summed E-state index contributed by atoms with van der Waals surface area (Å²) < 4.78 is 0. The number of Topliss-reactive ketones (excluding diaryl/α,β-unsaturated/α-hetero) is 1. The molecule has 26 heavy (non-hydrogen) atoms. The molecule has 1 aromatic carbocycles. The van der Waals surface area contributed by atoms with Crippen LogP contribution in [0.1, 0.15) is 76.5 Å². The standard InChI is InChI=1S/C22H29NO3/c1-13(2)15-9-11-16(12-10-15)19-18(20(24)14(3)4)21(25)22(26)23(19)17-7-5-6-8-17/h9-14,17,19,25H,5-8H2,1-4H3. The molecule has 0 bridgehead atoms. The van der Waals surface area contributed by atoms with Crippen LogP contribution in [-0.2, 0) is 9.59 Å². The van der Waals surface area contributed by atoms with Crippen molar-refractivity contribution in [2.75, 3.05) is 0 Å². The number of aliphatic hydroxyl groups is 1. The number of nitrogens with zero attached hydrogens (tertiary/aromatic N) is 1. The number of amides is 1. The fourth-order valence-electron chi connectivity index (χ4n) is 4.14. The third-order valence-corrected chi connectivity index (χ3v) is 5.67. The van der Waals surface area contributed by atoms with Crippen molar-refractivity contribution in [3.63, 3.8) is 0 Å². The third-order valence-electron chi connectivity index (χ3n) is 5.67. The van der Waals surface area contributed by atoms with E-state index in [2.05, 4.69) is 26.0 Å². The molecule has 1 heterocycles. The van der Waals surface area contributed by atoms with Gasteiger partial charge >= 0.3 is 0 Å². The molecule has 0 saturated heterocycles. The topological polar surface area (TPSA) is 57.6 Å². The summed E-state index contributed by atoms with van der Waals surface area (Å²) in [5, 5.41) is 10.5. The maximum absolute atomic E-state index is 12.9. The molecule has 1 saturated carbocycles. The third kappa shape index (κ3) is 3.17. The second-order valence-corrected chi connectivity index (χ2v) is 8.16. The molecule has 3 rings (SSSR count). The molecule has 1 aromatic rings. The van der Waals surface area contributed by atoms with Gasteiger partial charge in [-0.25, -0.2) is 0 Å². The highest BCUT2D eigenvalue weighted by molar-refractivity contribution is 6.09. The summed E-state index contributed by atoms with van der Waals surface area (Å²) in [4.78, 5) is 27.4. The summed E-state index contributed by atoms with van der Waals surface area (Å²) in [5.41, 5.74) is 2.40. The van der Waals surface area contributed by atoms with E-state index in [4.69, 9.17) is 0 Å². The molecule has 1 atom stereocenters. The molecule has 4 nitrogen and oxygen atoms in total. The van der Waals surface area contributed by atoms with Crippen molar-refractivity contribution in [1.82, 2.24) is 4.90 Å².